The zero-order valence-electron chi connectivity index (χ0n) is 15.3. The van der Waals surface area contributed by atoms with Gasteiger partial charge in [-0.25, -0.2) is 4.98 Å². The van der Waals surface area contributed by atoms with Crippen molar-refractivity contribution in [1.82, 2.24) is 20.2 Å². The molecule has 0 saturated heterocycles. The highest BCUT2D eigenvalue weighted by atomic mass is 32.2. The number of carbonyl (C=O) groups is 1. The molecule has 0 fully saturated rings. The number of fused-ring (bicyclic) bond motifs is 3. The van der Waals surface area contributed by atoms with E-state index in [9.17, 15) is 14.9 Å². The molecule has 0 aliphatic rings. The predicted molar refractivity (Wildman–Crippen MR) is 111 cm³/mol. The molecule has 2 heterocycles. The Morgan fingerprint density at radius 2 is 1.97 bits per heavy atom. The third-order valence-electron chi connectivity index (χ3n) is 4.36. The van der Waals surface area contributed by atoms with Crippen molar-refractivity contribution in [2.75, 3.05) is 5.32 Å². The number of rotatable bonds is 6. The molecule has 0 radical (unpaired) electrons. The topological polar surface area (TPSA) is 127 Å². The number of carbonyl (C=O) groups excluding carboxylic acids is 1. The number of anilines is 1. The lowest BCUT2D eigenvalue weighted by atomic mass is 10.2. The Balaban J connectivity index is 1.51. The van der Waals surface area contributed by atoms with Gasteiger partial charge in [-0.05, 0) is 24.6 Å². The van der Waals surface area contributed by atoms with Crippen LogP contribution in [-0.2, 0) is 4.79 Å². The second-order valence-electron chi connectivity index (χ2n) is 6.27. The summed E-state index contributed by atoms with van der Waals surface area (Å²) in [6, 6.07) is 13.4. The number of nitro benzene ring substituents is 1. The van der Waals surface area contributed by atoms with Crippen molar-refractivity contribution in [3.63, 3.8) is 0 Å². The van der Waals surface area contributed by atoms with Gasteiger partial charge in [-0.15, -0.1) is 10.2 Å². The Kier molecular flexibility index (Phi) is 5.09. The van der Waals surface area contributed by atoms with E-state index in [1.54, 1.807) is 0 Å². The van der Waals surface area contributed by atoms with Gasteiger partial charge in [0.25, 0.3) is 5.69 Å². The lowest BCUT2D eigenvalue weighted by Crippen LogP contribution is -2.24. The molecule has 0 unspecified atom stereocenters. The zero-order chi connectivity index (χ0) is 20.4. The van der Waals surface area contributed by atoms with Crippen molar-refractivity contribution in [3.8, 4) is 0 Å². The number of thioether (sulfide) groups is 1. The molecule has 0 bridgehead atoms. The number of hydrogen-bond acceptors (Lipinski definition) is 7. The first kappa shape index (κ1) is 18.8. The minimum Gasteiger partial charge on any atom is -0.338 e. The lowest BCUT2D eigenvalue weighted by molar-refractivity contribution is -0.384. The van der Waals surface area contributed by atoms with E-state index < -0.39 is 10.2 Å². The van der Waals surface area contributed by atoms with Gasteiger partial charge in [-0.1, -0.05) is 36.9 Å². The Morgan fingerprint density at radius 1 is 1.21 bits per heavy atom. The van der Waals surface area contributed by atoms with E-state index in [4.69, 9.17) is 0 Å². The second kappa shape index (κ2) is 7.84. The summed E-state index contributed by atoms with van der Waals surface area (Å²) in [4.78, 5) is 30.6. The van der Waals surface area contributed by atoms with Crippen LogP contribution in [-0.4, -0.2) is 36.2 Å². The summed E-state index contributed by atoms with van der Waals surface area (Å²) >= 11 is 1.22. The van der Waals surface area contributed by atoms with E-state index in [0.29, 0.717) is 28.4 Å². The fourth-order valence-electron chi connectivity index (χ4n) is 2.89. The van der Waals surface area contributed by atoms with E-state index in [-0.39, 0.29) is 11.6 Å². The van der Waals surface area contributed by atoms with Gasteiger partial charge in [-0.3, -0.25) is 14.9 Å². The molecular formula is C19H16N6O3S. The van der Waals surface area contributed by atoms with Crippen molar-refractivity contribution < 1.29 is 9.72 Å². The van der Waals surface area contributed by atoms with Crippen LogP contribution in [0.5, 0.6) is 0 Å². The highest BCUT2D eigenvalue weighted by Gasteiger charge is 2.21. The van der Waals surface area contributed by atoms with E-state index in [0.717, 1.165) is 10.9 Å². The van der Waals surface area contributed by atoms with Crippen molar-refractivity contribution >= 4 is 51.1 Å². The van der Waals surface area contributed by atoms with Crippen LogP contribution in [0.15, 0.2) is 53.7 Å². The van der Waals surface area contributed by atoms with Gasteiger partial charge in [0, 0.05) is 28.7 Å². The summed E-state index contributed by atoms with van der Waals surface area (Å²) in [6.07, 6.45) is 0.553. The van der Waals surface area contributed by atoms with E-state index in [1.165, 1.54) is 36.0 Å². The molecule has 2 aromatic heterocycles. The first-order chi connectivity index (χ1) is 14.0. The van der Waals surface area contributed by atoms with E-state index >= 15 is 0 Å². The minimum absolute atomic E-state index is 0.0319. The molecule has 146 valence electrons. The fourth-order valence-corrected chi connectivity index (χ4v) is 3.71. The Morgan fingerprint density at radius 3 is 2.69 bits per heavy atom. The van der Waals surface area contributed by atoms with Crippen LogP contribution >= 0.6 is 11.8 Å². The highest BCUT2D eigenvalue weighted by Crippen LogP contribution is 2.27. The summed E-state index contributed by atoms with van der Waals surface area (Å²) < 4.78 is 0. The third-order valence-corrected chi connectivity index (χ3v) is 5.57. The average Bonchev–Trinajstić information content (AvgIpc) is 3.10. The number of aromatic nitrogens is 4. The van der Waals surface area contributed by atoms with Crippen molar-refractivity contribution in [2.45, 2.75) is 23.8 Å². The van der Waals surface area contributed by atoms with Crippen molar-refractivity contribution in [3.05, 3.63) is 58.6 Å². The van der Waals surface area contributed by atoms with Crippen LogP contribution in [0.2, 0.25) is 0 Å². The fraction of sp³-hybridized carbons (Fsp3) is 0.158. The number of nitrogens with zero attached hydrogens (tertiary/aromatic N) is 4. The third kappa shape index (κ3) is 3.87. The van der Waals surface area contributed by atoms with Crippen LogP contribution in [0.25, 0.3) is 22.1 Å². The van der Waals surface area contributed by atoms with E-state index in [1.807, 2.05) is 31.2 Å². The summed E-state index contributed by atoms with van der Waals surface area (Å²) in [7, 11) is 0. The molecule has 1 atom stereocenters. The molecular weight excluding hydrogens is 392 g/mol. The molecule has 2 aromatic carbocycles. The lowest BCUT2D eigenvalue weighted by Gasteiger charge is -2.13. The van der Waals surface area contributed by atoms with E-state index in [2.05, 4.69) is 25.5 Å². The maximum atomic E-state index is 12.6. The largest absolute Gasteiger partial charge is 0.338 e. The molecule has 10 heteroatoms. The highest BCUT2D eigenvalue weighted by molar-refractivity contribution is 8.00. The zero-order valence-corrected chi connectivity index (χ0v) is 16.1. The smallest absolute Gasteiger partial charge is 0.269 e. The van der Waals surface area contributed by atoms with Crippen molar-refractivity contribution in [1.29, 1.82) is 0 Å². The maximum Gasteiger partial charge on any atom is 0.269 e. The first-order valence-electron chi connectivity index (χ1n) is 8.88. The summed E-state index contributed by atoms with van der Waals surface area (Å²) in [5.41, 5.74) is 2.69. The normalized spacial score (nSPS) is 12.2. The summed E-state index contributed by atoms with van der Waals surface area (Å²) in [5, 5.41) is 22.8. The molecule has 4 rings (SSSR count). The van der Waals surface area contributed by atoms with Gasteiger partial charge >= 0.3 is 0 Å². The molecule has 1 amide bonds. The van der Waals surface area contributed by atoms with Gasteiger partial charge in [-0.2, -0.15) is 0 Å². The standard InChI is InChI=1S/C19H16N6O3S/c1-2-15(18(26)20-11-7-9-12(10-8-11)25(27)28)29-19-22-17-16(23-24-19)13-5-3-4-6-14(13)21-17/h3-10,15H,2H2,1H3,(H,20,26)(H,21,22,24)/t15-/m0/s1. The number of nitro groups is 1. The van der Waals surface area contributed by atoms with Gasteiger partial charge < -0.3 is 10.3 Å². The Bertz CT molecular complexity index is 1210. The molecule has 0 saturated carbocycles. The number of non-ortho nitro benzene ring substituents is 1. The number of para-hydroxylation sites is 1. The molecule has 4 aromatic rings. The number of aromatic amines is 1. The number of H-pyrrole nitrogens is 1. The van der Waals surface area contributed by atoms with Crippen LogP contribution in [0.4, 0.5) is 11.4 Å². The quantitative estimate of drug-likeness (QED) is 0.281. The van der Waals surface area contributed by atoms with Gasteiger partial charge in [0.15, 0.2) is 5.65 Å². The maximum absolute atomic E-state index is 12.6. The van der Waals surface area contributed by atoms with Crippen molar-refractivity contribution in [2.24, 2.45) is 0 Å². The molecule has 0 aliphatic carbocycles. The minimum atomic E-state index is -0.485. The average molecular weight is 408 g/mol. The summed E-state index contributed by atoms with van der Waals surface area (Å²) in [5.74, 6) is -0.230. The monoisotopic (exact) mass is 408 g/mol. The van der Waals surface area contributed by atoms with Gasteiger partial charge in [0.1, 0.15) is 5.52 Å². The second-order valence-corrected chi connectivity index (χ2v) is 7.44. The SMILES string of the molecule is CC[C@H](Sc1nnc2c(n1)[nH]c1ccccc12)C(=O)Nc1ccc([N+](=O)[O-])cc1. The number of amides is 1. The Labute approximate surface area is 169 Å². The van der Waals surface area contributed by atoms with Crippen LogP contribution in [0.3, 0.4) is 0 Å². The number of nitrogens with one attached hydrogen (secondary N) is 2. The summed E-state index contributed by atoms with van der Waals surface area (Å²) in [6.45, 7) is 1.89. The predicted octanol–water partition coefficient (Wildman–Crippen LogP) is 3.92. The van der Waals surface area contributed by atoms with Gasteiger partial charge in [0.05, 0.1) is 10.2 Å². The molecule has 0 aliphatic heterocycles. The molecule has 2 N–H and O–H groups in total. The molecule has 0 spiro atoms. The number of benzene rings is 2. The number of hydrogen-bond donors (Lipinski definition) is 2. The molecule has 29 heavy (non-hydrogen) atoms. The van der Waals surface area contributed by atoms with Crippen LogP contribution in [0, 0.1) is 10.1 Å². The van der Waals surface area contributed by atoms with Gasteiger partial charge in [0.2, 0.25) is 11.1 Å². The Hall–Kier alpha value is -3.53. The first-order valence-corrected chi connectivity index (χ1v) is 9.76. The molecule has 9 nitrogen and oxygen atoms in total. The van der Waals surface area contributed by atoms with Crippen LogP contribution < -0.4 is 5.32 Å². The van der Waals surface area contributed by atoms with Crippen LogP contribution in [0.1, 0.15) is 13.3 Å².